The van der Waals surface area contributed by atoms with Gasteiger partial charge in [-0.1, -0.05) is 6.92 Å². The minimum absolute atomic E-state index is 0.139. The molecule has 0 radical (unpaired) electrons. The lowest BCUT2D eigenvalue weighted by atomic mass is 10.1. The van der Waals surface area contributed by atoms with Crippen molar-refractivity contribution < 1.29 is 13.2 Å². The van der Waals surface area contributed by atoms with Crippen LogP contribution in [0.1, 0.15) is 17.3 Å². The SMILES string of the molecule is CC(CN)CN(C)C(=O)c1ccc(S(C)(=O)=O)cc1. The van der Waals surface area contributed by atoms with Crippen molar-refractivity contribution in [3.05, 3.63) is 29.8 Å². The molecule has 0 aromatic heterocycles. The third kappa shape index (κ3) is 4.33. The van der Waals surface area contributed by atoms with Crippen molar-refractivity contribution in [3.8, 4) is 0 Å². The van der Waals surface area contributed by atoms with Crippen LogP contribution in [-0.2, 0) is 9.84 Å². The second-order valence-electron chi connectivity index (χ2n) is 4.82. The highest BCUT2D eigenvalue weighted by Crippen LogP contribution is 2.12. The van der Waals surface area contributed by atoms with E-state index in [0.717, 1.165) is 6.26 Å². The fourth-order valence-electron chi connectivity index (χ4n) is 1.69. The predicted octanol–water partition coefficient (Wildman–Crippen LogP) is 0.757. The molecule has 0 spiro atoms. The van der Waals surface area contributed by atoms with Crippen LogP contribution in [0.5, 0.6) is 0 Å². The van der Waals surface area contributed by atoms with Gasteiger partial charge in [0.2, 0.25) is 0 Å². The van der Waals surface area contributed by atoms with Crippen LogP contribution in [0, 0.1) is 5.92 Å². The topological polar surface area (TPSA) is 80.5 Å². The Morgan fingerprint density at radius 1 is 1.32 bits per heavy atom. The molecular weight excluding hydrogens is 264 g/mol. The molecule has 1 aromatic carbocycles. The van der Waals surface area contributed by atoms with Crippen molar-refractivity contribution in [1.82, 2.24) is 4.90 Å². The zero-order valence-corrected chi connectivity index (χ0v) is 12.3. The molecule has 0 saturated heterocycles. The Hall–Kier alpha value is -1.40. The van der Waals surface area contributed by atoms with Gasteiger partial charge in [0.15, 0.2) is 9.84 Å². The van der Waals surface area contributed by atoms with Crippen molar-refractivity contribution in [1.29, 1.82) is 0 Å². The number of hydrogen-bond acceptors (Lipinski definition) is 4. The van der Waals surface area contributed by atoms with Crippen LogP contribution in [0.25, 0.3) is 0 Å². The first kappa shape index (κ1) is 15.7. The Morgan fingerprint density at radius 3 is 2.26 bits per heavy atom. The van der Waals surface area contributed by atoms with Crippen molar-refractivity contribution >= 4 is 15.7 Å². The summed E-state index contributed by atoms with van der Waals surface area (Å²) in [4.78, 5) is 13.9. The van der Waals surface area contributed by atoms with E-state index in [9.17, 15) is 13.2 Å². The third-order valence-electron chi connectivity index (χ3n) is 2.86. The molecule has 0 saturated carbocycles. The van der Waals surface area contributed by atoms with E-state index in [1.54, 1.807) is 11.9 Å². The van der Waals surface area contributed by atoms with E-state index in [1.807, 2.05) is 6.92 Å². The normalized spacial score (nSPS) is 13.1. The summed E-state index contributed by atoms with van der Waals surface area (Å²) >= 11 is 0. The highest BCUT2D eigenvalue weighted by atomic mass is 32.2. The summed E-state index contributed by atoms with van der Waals surface area (Å²) < 4.78 is 22.6. The molecule has 0 aliphatic rings. The molecule has 1 rings (SSSR count). The van der Waals surface area contributed by atoms with Gasteiger partial charge in [0.05, 0.1) is 4.90 Å². The van der Waals surface area contributed by atoms with Crippen LogP contribution in [0.3, 0.4) is 0 Å². The zero-order chi connectivity index (χ0) is 14.6. The fraction of sp³-hybridized carbons (Fsp3) is 0.462. The van der Waals surface area contributed by atoms with Gasteiger partial charge in [0.1, 0.15) is 0 Å². The molecule has 0 fully saturated rings. The first-order chi connectivity index (χ1) is 8.75. The lowest BCUT2D eigenvalue weighted by molar-refractivity contribution is 0.0777. The second kappa shape index (κ2) is 6.16. The molecule has 0 heterocycles. The van der Waals surface area contributed by atoms with Crippen molar-refractivity contribution in [3.63, 3.8) is 0 Å². The Kier molecular flexibility index (Phi) is 5.08. The molecule has 5 nitrogen and oxygen atoms in total. The second-order valence-corrected chi connectivity index (χ2v) is 6.84. The van der Waals surface area contributed by atoms with E-state index in [2.05, 4.69) is 0 Å². The quantitative estimate of drug-likeness (QED) is 0.865. The number of sulfone groups is 1. The van der Waals surface area contributed by atoms with E-state index < -0.39 is 9.84 Å². The molecule has 106 valence electrons. The number of nitrogens with two attached hydrogens (primary N) is 1. The summed E-state index contributed by atoms with van der Waals surface area (Å²) in [6, 6.07) is 5.95. The van der Waals surface area contributed by atoms with Crippen molar-refractivity contribution in [2.75, 3.05) is 26.4 Å². The van der Waals surface area contributed by atoms with Crippen LogP contribution in [0.2, 0.25) is 0 Å². The number of benzene rings is 1. The van der Waals surface area contributed by atoms with Crippen LogP contribution in [0.15, 0.2) is 29.2 Å². The fourth-order valence-corrected chi connectivity index (χ4v) is 2.32. The minimum Gasteiger partial charge on any atom is -0.341 e. The molecule has 0 aliphatic heterocycles. The van der Waals surface area contributed by atoms with Crippen molar-refractivity contribution in [2.45, 2.75) is 11.8 Å². The molecule has 2 N–H and O–H groups in total. The van der Waals surface area contributed by atoms with Crippen LogP contribution in [0.4, 0.5) is 0 Å². The number of carbonyl (C=O) groups is 1. The standard InChI is InChI=1S/C13H20N2O3S/c1-10(8-14)9-15(2)13(16)11-4-6-12(7-5-11)19(3,17)18/h4-7,10H,8-9,14H2,1-3H3. The molecule has 0 bridgehead atoms. The average molecular weight is 284 g/mol. The van der Waals surface area contributed by atoms with Gasteiger partial charge in [0.25, 0.3) is 5.91 Å². The summed E-state index contributed by atoms with van der Waals surface area (Å²) in [5, 5.41) is 0. The van der Waals surface area contributed by atoms with Crippen LogP contribution in [-0.4, -0.2) is 45.6 Å². The molecule has 1 atom stereocenters. The monoisotopic (exact) mass is 284 g/mol. The van der Waals surface area contributed by atoms with Gasteiger partial charge in [0, 0.05) is 25.4 Å². The first-order valence-corrected chi connectivity index (χ1v) is 7.90. The number of amides is 1. The summed E-state index contributed by atoms with van der Waals surface area (Å²) in [6.07, 6.45) is 1.14. The van der Waals surface area contributed by atoms with E-state index >= 15 is 0 Å². The summed E-state index contributed by atoms with van der Waals surface area (Å²) in [7, 11) is -1.52. The minimum atomic E-state index is -3.23. The van der Waals surface area contributed by atoms with E-state index in [0.29, 0.717) is 18.7 Å². The van der Waals surface area contributed by atoms with Crippen LogP contribution < -0.4 is 5.73 Å². The number of rotatable bonds is 5. The zero-order valence-electron chi connectivity index (χ0n) is 11.5. The van der Waals surface area contributed by atoms with Gasteiger partial charge in [-0.2, -0.15) is 0 Å². The first-order valence-electron chi connectivity index (χ1n) is 6.01. The van der Waals surface area contributed by atoms with Gasteiger partial charge < -0.3 is 10.6 Å². The lowest BCUT2D eigenvalue weighted by Gasteiger charge is -2.20. The molecule has 1 unspecified atom stereocenters. The van der Waals surface area contributed by atoms with Crippen LogP contribution >= 0.6 is 0 Å². The third-order valence-corrected chi connectivity index (χ3v) is 3.99. The highest BCUT2D eigenvalue weighted by Gasteiger charge is 2.15. The van der Waals surface area contributed by atoms with E-state index in [-0.39, 0.29) is 16.7 Å². The molecule has 0 aliphatic carbocycles. The van der Waals surface area contributed by atoms with Gasteiger partial charge >= 0.3 is 0 Å². The number of carbonyl (C=O) groups excluding carboxylic acids is 1. The van der Waals surface area contributed by atoms with Gasteiger partial charge in [-0.3, -0.25) is 4.79 Å². The van der Waals surface area contributed by atoms with Gasteiger partial charge in [-0.15, -0.1) is 0 Å². The van der Waals surface area contributed by atoms with Gasteiger partial charge in [-0.05, 0) is 36.7 Å². The maximum atomic E-state index is 12.1. The van der Waals surface area contributed by atoms with Crippen molar-refractivity contribution in [2.24, 2.45) is 11.7 Å². The molecular formula is C13H20N2O3S. The summed E-state index contributed by atoms with van der Waals surface area (Å²) in [5.41, 5.74) is 5.99. The summed E-state index contributed by atoms with van der Waals surface area (Å²) in [6.45, 7) is 3.06. The lowest BCUT2D eigenvalue weighted by Crippen LogP contribution is -2.33. The maximum absolute atomic E-state index is 12.1. The van der Waals surface area contributed by atoms with Gasteiger partial charge in [-0.25, -0.2) is 8.42 Å². The molecule has 19 heavy (non-hydrogen) atoms. The smallest absolute Gasteiger partial charge is 0.253 e. The molecule has 6 heteroatoms. The average Bonchev–Trinajstić information content (AvgIpc) is 2.36. The van der Waals surface area contributed by atoms with E-state index in [4.69, 9.17) is 5.73 Å². The summed E-state index contributed by atoms with van der Waals surface area (Å²) in [5.74, 6) is 0.0876. The Morgan fingerprint density at radius 2 is 1.84 bits per heavy atom. The maximum Gasteiger partial charge on any atom is 0.253 e. The predicted molar refractivity (Wildman–Crippen MR) is 74.7 cm³/mol. The Balaban J connectivity index is 2.84. The largest absolute Gasteiger partial charge is 0.341 e. The molecule has 1 amide bonds. The Bertz CT molecular complexity index is 538. The highest BCUT2D eigenvalue weighted by molar-refractivity contribution is 7.90. The number of nitrogens with zero attached hydrogens (tertiary/aromatic N) is 1. The molecule has 1 aromatic rings. The van der Waals surface area contributed by atoms with E-state index in [1.165, 1.54) is 24.3 Å². The Labute approximate surface area is 114 Å². The number of hydrogen-bond donors (Lipinski definition) is 1.